The summed E-state index contributed by atoms with van der Waals surface area (Å²) in [4.78, 5) is 13.4. The van der Waals surface area contributed by atoms with Crippen LogP contribution in [0.5, 0.6) is 0 Å². The Kier molecular flexibility index (Phi) is 52.6. The van der Waals surface area contributed by atoms with Crippen molar-refractivity contribution in [3.8, 4) is 0 Å². The number of carbonyl (C=O) groups is 1. The van der Waals surface area contributed by atoms with E-state index >= 15 is 0 Å². The highest BCUT2D eigenvalue weighted by atomic mass is 16.7. The average molecular weight is 1220 g/mol. The molecule has 502 valence electrons. The predicted molar refractivity (Wildman–Crippen MR) is 350 cm³/mol. The zero-order chi connectivity index (χ0) is 62.3. The SMILES string of the molecule is CC/C=C\C/C=C\C/C=C\C/C=C\C/C=C\CCCCCCCCCCCCCCCCCCCC(=O)NC(COC1OC(CO)C(OC2OC(CO)C(O)C(O)C2O)C(O)C1O)C(O)CCCCCCCCCCCCCCCCCCCCC. The van der Waals surface area contributed by atoms with Crippen molar-refractivity contribution in [3.63, 3.8) is 0 Å². The number of allylic oxidation sites excluding steroid dienone is 10. The summed E-state index contributed by atoms with van der Waals surface area (Å²) in [6.07, 6.45) is 58.0. The van der Waals surface area contributed by atoms with Crippen molar-refractivity contribution in [1.29, 1.82) is 0 Å². The van der Waals surface area contributed by atoms with E-state index in [1.807, 2.05) is 0 Å². The van der Waals surface area contributed by atoms with Crippen molar-refractivity contribution in [3.05, 3.63) is 60.8 Å². The van der Waals surface area contributed by atoms with Gasteiger partial charge in [-0.15, -0.1) is 0 Å². The van der Waals surface area contributed by atoms with Crippen LogP contribution in [0.3, 0.4) is 0 Å². The van der Waals surface area contributed by atoms with E-state index in [1.54, 1.807) is 0 Å². The van der Waals surface area contributed by atoms with Gasteiger partial charge in [0.1, 0.15) is 48.8 Å². The van der Waals surface area contributed by atoms with Gasteiger partial charge in [0.15, 0.2) is 12.6 Å². The van der Waals surface area contributed by atoms with E-state index in [1.165, 1.54) is 186 Å². The van der Waals surface area contributed by atoms with E-state index in [9.17, 15) is 45.6 Å². The summed E-state index contributed by atoms with van der Waals surface area (Å²) in [6.45, 7) is 2.78. The van der Waals surface area contributed by atoms with E-state index in [0.29, 0.717) is 12.8 Å². The molecule has 12 atom stereocenters. The highest BCUT2D eigenvalue weighted by Crippen LogP contribution is 2.30. The Morgan fingerprint density at radius 1 is 0.430 bits per heavy atom. The molecular weight excluding hydrogens is 1090 g/mol. The normalized spacial score (nSPS) is 23.7. The smallest absolute Gasteiger partial charge is 0.220 e. The number of carbonyl (C=O) groups excluding carboxylic acids is 1. The number of ether oxygens (including phenoxy) is 4. The molecule has 1 amide bonds. The van der Waals surface area contributed by atoms with Crippen molar-refractivity contribution in [1.82, 2.24) is 5.32 Å². The summed E-state index contributed by atoms with van der Waals surface area (Å²) in [5.41, 5.74) is 0. The minimum atomic E-state index is -1.78. The molecule has 2 heterocycles. The molecule has 2 fully saturated rings. The molecular formula is C72H131NO13. The van der Waals surface area contributed by atoms with Crippen LogP contribution in [0.15, 0.2) is 60.8 Å². The number of aliphatic hydroxyl groups excluding tert-OH is 8. The summed E-state index contributed by atoms with van der Waals surface area (Å²) in [5.74, 6) is -0.203. The molecule has 0 bridgehead atoms. The van der Waals surface area contributed by atoms with Gasteiger partial charge in [-0.3, -0.25) is 4.79 Å². The van der Waals surface area contributed by atoms with E-state index in [0.717, 1.165) is 83.5 Å². The molecule has 0 aromatic heterocycles. The minimum Gasteiger partial charge on any atom is -0.394 e. The lowest BCUT2D eigenvalue weighted by Gasteiger charge is -2.46. The van der Waals surface area contributed by atoms with Crippen LogP contribution in [0, 0.1) is 0 Å². The van der Waals surface area contributed by atoms with Gasteiger partial charge in [0, 0.05) is 6.42 Å². The fraction of sp³-hybridized carbons (Fsp3) is 0.847. The Balaban J connectivity index is 1.63. The van der Waals surface area contributed by atoms with Crippen molar-refractivity contribution in [2.45, 2.75) is 370 Å². The fourth-order valence-electron chi connectivity index (χ4n) is 11.6. The lowest BCUT2D eigenvalue weighted by atomic mass is 9.97. The highest BCUT2D eigenvalue weighted by Gasteiger charge is 2.51. The summed E-state index contributed by atoms with van der Waals surface area (Å²) in [6, 6.07) is -0.830. The fourth-order valence-corrected chi connectivity index (χ4v) is 11.6. The first kappa shape index (κ1) is 79.8. The van der Waals surface area contributed by atoms with E-state index in [2.05, 4.69) is 79.9 Å². The van der Waals surface area contributed by atoms with Crippen LogP contribution in [0.1, 0.15) is 296 Å². The molecule has 2 rings (SSSR count). The second-order valence-electron chi connectivity index (χ2n) is 25.0. The van der Waals surface area contributed by atoms with Crippen LogP contribution >= 0.6 is 0 Å². The zero-order valence-electron chi connectivity index (χ0n) is 54.6. The van der Waals surface area contributed by atoms with Gasteiger partial charge in [-0.05, 0) is 57.8 Å². The van der Waals surface area contributed by atoms with E-state index in [-0.39, 0.29) is 12.5 Å². The number of unbranched alkanes of at least 4 members (excludes halogenated alkanes) is 35. The monoisotopic (exact) mass is 1220 g/mol. The molecule has 0 aromatic rings. The van der Waals surface area contributed by atoms with Gasteiger partial charge >= 0.3 is 0 Å². The van der Waals surface area contributed by atoms with Crippen LogP contribution in [0.2, 0.25) is 0 Å². The highest BCUT2D eigenvalue weighted by molar-refractivity contribution is 5.76. The summed E-state index contributed by atoms with van der Waals surface area (Å²) >= 11 is 0. The van der Waals surface area contributed by atoms with Crippen LogP contribution < -0.4 is 5.32 Å². The first-order valence-corrected chi connectivity index (χ1v) is 35.5. The number of rotatable bonds is 58. The van der Waals surface area contributed by atoms with Gasteiger partial charge in [-0.1, -0.05) is 293 Å². The molecule has 2 aliphatic rings. The summed E-state index contributed by atoms with van der Waals surface area (Å²) in [5, 5.41) is 87.6. The van der Waals surface area contributed by atoms with Crippen LogP contribution in [0.4, 0.5) is 0 Å². The molecule has 9 N–H and O–H groups in total. The molecule has 14 heteroatoms. The van der Waals surface area contributed by atoms with Crippen molar-refractivity contribution in [2.24, 2.45) is 0 Å². The zero-order valence-corrected chi connectivity index (χ0v) is 54.6. The molecule has 0 radical (unpaired) electrons. The number of aliphatic hydroxyl groups is 8. The van der Waals surface area contributed by atoms with E-state index in [4.69, 9.17) is 18.9 Å². The Morgan fingerprint density at radius 3 is 1.23 bits per heavy atom. The van der Waals surface area contributed by atoms with Crippen LogP contribution in [0.25, 0.3) is 0 Å². The maximum atomic E-state index is 13.4. The van der Waals surface area contributed by atoms with Gasteiger partial charge in [-0.2, -0.15) is 0 Å². The molecule has 12 unspecified atom stereocenters. The van der Waals surface area contributed by atoms with Gasteiger partial charge in [0.05, 0.1) is 32.0 Å². The topological polar surface area (TPSA) is 228 Å². The Labute approximate surface area is 524 Å². The molecule has 2 saturated heterocycles. The van der Waals surface area contributed by atoms with Crippen molar-refractivity contribution >= 4 is 5.91 Å². The second kappa shape index (κ2) is 56.7. The van der Waals surface area contributed by atoms with Crippen LogP contribution in [-0.4, -0.2) is 140 Å². The van der Waals surface area contributed by atoms with E-state index < -0.39 is 86.8 Å². The number of amides is 1. The standard InChI is InChI=1S/C72H131NO13/c1-3-5-7-9-11-13-15-17-19-21-23-24-25-26-27-28-29-30-31-32-33-34-35-36-38-40-42-44-46-48-50-52-54-56-64(77)73-60(61(76)55-53-51-49-47-45-43-41-39-37-22-20-18-16-14-12-10-8-6-4-2)59-83-71-69(82)67(80)70(63(58-75)85-71)86-72-68(81)66(79)65(78)62(57-74)84-72/h5,7,11,13,17,19,23-24,26-27,60-63,65-72,74-76,78-82H,3-4,6,8-10,12,14-16,18,20-22,25,28-59H2,1-2H3,(H,73,77)/b7-5-,13-11-,19-17-,24-23-,27-26-. The molecule has 0 aliphatic carbocycles. The van der Waals surface area contributed by atoms with Gasteiger partial charge < -0.3 is 65.1 Å². The molecule has 14 nitrogen and oxygen atoms in total. The van der Waals surface area contributed by atoms with Crippen LogP contribution in [-0.2, 0) is 23.7 Å². The third kappa shape index (κ3) is 40.4. The third-order valence-electron chi connectivity index (χ3n) is 17.2. The molecule has 0 saturated carbocycles. The van der Waals surface area contributed by atoms with Crippen molar-refractivity contribution in [2.75, 3.05) is 19.8 Å². The van der Waals surface area contributed by atoms with Gasteiger partial charge in [0.25, 0.3) is 0 Å². The quantitative estimate of drug-likeness (QED) is 0.0204. The summed E-state index contributed by atoms with van der Waals surface area (Å²) < 4.78 is 22.9. The third-order valence-corrected chi connectivity index (χ3v) is 17.2. The number of hydrogen-bond acceptors (Lipinski definition) is 13. The second-order valence-corrected chi connectivity index (χ2v) is 25.0. The summed E-state index contributed by atoms with van der Waals surface area (Å²) in [7, 11) is 0. The lowest BCUT2D eigenvalue weighted by molar-refractivity contribution is -0.359. The molecule has 2 aliphatic heterocycles. The molecule has 86 heavy (non-hydrogen) atoms. The minimum absolute atomic E-state index is 0.203. The molecule has 0 spiro atoms. The average Bonchev–Trinajstić information content (AvgIpc) is 2.63. The van der Waals surface area contributed by atoms with Crippen molar-refractivity contribution < 1.29 is 64.6 Å². The Hall–Kier alpha value is -2.31. The Morgan fingerprint density at radius 2 is 0.802 bits per heavy atom. The maximum absolute atomic E-state index is 13.4. The number of nitrogens with one attached hydrogen (secondary N) is 1. The largest absolute Gasteiger partial charge is 0.394 e. The van der Waals surface area contributed by atoms with Gasteiger partial charge in [-0.25, -0.2) is 0 Å². The first-order chi connectivity index (χ1) is 42.1. The first-order valence-electron chi connectivity index (χ1n) is 35.5. The number of hydrogen-bond donors (Lipinski definition) is 9. The Bertz CT molecular complexity index is 1670. The van der Waals surface area contributed by atoms with Gasteiger partial charge in [0.2, 0.25) is 5.91 Å². The lowest BCUT2D eigenvalue weighted by Crippen LogP contribution is -2.65. The maximum Gasteiger partial charge on any atom is 0.220 e. The molecule has 0 aromatic carbocycles. The predicted octanol–water partition coefficient (Wildman–Crippen LogP) is 14.5.